The third-order valence-electron chi connectivity index (χ3n) is 5.00. The summed E-state index contributed by atoms with van der Waals surface area (Å²) < 4.78 is 10.3. The lowest BCUT2D eigenvalue weighted by Crippen LogP contribution is -2.39. The van der Waals surface area contributed by atoms with Gasteiger partial charge < -0.3 is 19.8 Å². The number of carbonyl (C=O) groups is 2. The first-order valence-corrected chi connectivity index (χ1v) is 9.54. The highest BCUT2D eigenvalue weighted by Gasteiger charge is 2.20. The van der Waals surface area contributed by atoms with E-state index < -0.39 is 5.97 Å². The highest BCUT2D eigenvalue weighted by molar-refractivity contribution is 5.92. The fourth-order valence-corrected chi connectivity index (χ4v) is 3.36. The van der Waals surface area contributed by atoms with Gasteiger partial charge in [-0.3, -0.25) is 4.90 Å². The van der Waals surface area contributed by atoms with E-state index in [0.717, 1.165) is 44.0 Å². The number of nitrogens with zero attached hydrogens (tertiary/aromatic N) is 1. The lowest BCUT2D eigenvalue weighted by atomic mass is 9.97. The zero-order valence-electron chi connectivity index (χ0n) is 16.4. The first-order valence-electron chi connectivity index (χ1n) is 9.54. The topological polar surface area (TPSA) is 83.8 Å². The van der Waals surface area contributed by atoms with Crippen LogP contribution in [-0.2, 0) is 11.3 Å². The number of hydrogen-bond donors (Lipinski definition) is 2. The van der Waals surface area contributed by atoms with Gasteiger partial charge in [0.2, 0.25) is 0 Å². The number of furan rings is 1. The predicted octanol–water partition coefficient (Wildman–Crippen LogP) is 3.41. The number of aryl methyl sites for hydroxylation is 1. The van der Waals surface area contributed by atoms with Crippen LogP contribution in [0.15, 0.2) is 40.8 Å². The maximum Gasteiger partial charge on any atom is 0.337 e. The Morgan fingerprint density at radius 1 is 1.14 bits per heavy atom. The minimum Gasteiger partial charge on any atom is -0.465 e. The number of hydrogen-bond acceptors (Lipinski definition) is 5. The van der Waals surface area contributed by atoms with Crippen LogP contribution in [0.4, 0.5) is 10.5 Å². The summed E-state index contributed by atoms with van der Waals surface area (Å²) in [6, 6.07) is 10.4. The van der Waals surface area contributed by atoms with Crippen LogP contribution in [0.1, 0.15) is 34.7 Å². The van der Waals surface area contributed by atoms with Gasteiger partial charge in [-0.05, 0) is 75.2 Å². The first-order chi connectivity index (χ1) is 13.5. The van der Waals surface area contributed by atoms with Crippen molar-refractivity contribution in [2.45, 2.75) is 26.3 Å². The molecule has 7 nitrogen and oxygen atoms in total. The van der Waals surface area contributed by atoms with Gasteiger partial charge in [0.15, 0.2) is 0 Å². The lowest BCUT2D eigenvalue weighted by Gasteiger charge is -2.31. The fraction of sp³-hybridized carbons (Fsp3) is 0.429. The summed E-state index contributed by atoms with van der Waals surface area (Å²) in [6.45, 7) is 5.46. The number of rotatable bonds is 6. The molecule has 150 valence electrons. The average molecular weight is 385 g/mol. The Morgan fingerprint density at radius 2 is 1.86 bits per heavy atom. The molecule has 1 fully saturated rings. The molecular formula is C21H27N3O4. The van der Waals surface area contributed by atoms with Crippen LogP contribution in [0, 0.1) is 12.8 Å². The van der Waals surface area contributed by atoms with Gasteiger partial charge in [-0.15, -0.1) is 0 Å². The molecule has 0 atom stereocenters. The molecule has 0 bridgehead atoms. The van der Waals surface area contributed by atoms with Gasteiger partial charge in [0, 0.05) is 12.2 Å². The van der Waals surface area contributed by atoms with Crippen molar-refractivity contribution in [2.75, 3.05) is 32.1 Å². The zero-order chi connectivity index (χ0) is 19.9. The average Bonchev–Trinajstić information content (AvgIpc) is 3.12. The second-order valence-corrected chi connectivity index (χ2v) is 7.14. The number of benzene rings is 1. The molecule has 2 amide bonds. The van der Waals surface area contributed by atoms with E-state index in [1.54, 1.807) is 24.3 Å². The van der Waals surface area contributed by atoms with Crippen molar-refractivity contribution in [1.29, 1.82) is 0 Å². The summed E-state index contributed by atoms with van der Waals surface area (Å²) in [5.41, 5.74) is 1.08. The van der Waals surface area contributed by atoms with Crippen molar-refractivity contribution in [3.8, 4) is 0 Å². The molecule has 0 radical (unpaired) electrons. The highest BCUT2D eigenvalue weighted by Crippen LogP contribution is 2.19. The second-order valence-electron chi connectivity index (χ2n) is 7.14. The lowest BCUT2D eigenvalue weighted by molar-refractivity contribution is 0.0600. The van der Waals surface area contributed by atoms with E-state index in [0.29, 0.717) is 23.7 Å². The molecule has 1 aromatic carbocycles. The Hall–Kier alpha value is -2.80. The third-order valence-corrected chi connectivity index (χ3v) is 5.00. The van der Waals surface area contributed by atoms with Crippen molar-refractivity contribution < 1.29 is 18.7 Å². The van der Waals surface area contributed by atoms with Gasteiger partial charge in [-0.2, -0.15) is 0 Å². The van der Waals surface area contributed by atoms with Gasteiger partial charge in [-0.25, -0.2) is 9.59 Å². The minimum absolute atomic E-state index is 0.237. The molecule has 0 unspecified atom stereocenters. The van der Waals surface area contributed by atoms with E-state index in [-0.39, 0.29) is 6.03 Å². The van der Waals surface area contributed by atoms with Crippen LogP contribution in [0.25, 0.3) is 0 Å². The van der Waals surface area contributed by atoms with Gasteiger partial charge in [0.25, 0.3) is 0 Å². The van der Waals surface area contributed by atoms with E-state index >= 15 is 0 Å². The standard InChI is InChI=1S/C21H27N3O4/c1-15-3-8-19(28-15)14-24-11-9-16(10-12-24)13-22-21(26)23-18-6-4-17(5-7-18)20(25)27-2/h3-8,16H,9-14H2,1-2H3,(H2,22,23,26). The van der Waals surface area contributed by atoms with E-state index in [2.05, 4.69) is 20.3 Å². The maximum absolute atomic E-state index is 12.1. The SMILES string of the molecule is COC(=O)c1ccc(NC(=O)NCC2CCN(Cc3ccc(C)o3)CC2)cc1. The molecule has 1 aromatic heterocycles. The Labute approximate surface area is 165 Å². The Morgan fingerprint density at radius 3 is 2.46 bits per heavy atom. The summed E-state index contributed by atoms with van der Waals surface area (Å²) in [4.78, 5) is 25.9. The summed E-state index contributed by atoms with van der Waals surface area (Å²) in [5, 5.41) is 5.72. The van der Waals surface area contributed by atoms with Gasteiger partial charge in [0.1, 0.15) is 11.5 Å². The number of esters is 1. The normalized spacial score (nSPS) is 15.2. The molecule has 1 saturated heterocycles. The number of piperidine rings is 1. The Bertz CT molecular complexity index is 792. The second kappa shape index (κ2) is 9.41. The molecule has 0 spiro atoms. The molecule has 1 aliphatic rings. The van der Waals surface area contributed by atoms with Crippen molar-refractivity contribution >= 4 is 17.7 Å². The number of urea groups is 1. The van der Waals surface area contributed by atoms with E-state index in [1.807, 2.05) is 19.1 Å². The quantitative estimate of drug-likeness (QED) is 0.745. The Kier molecular flexibility index (Phi) is 6.71. The molecule has 0 saturated carbocycles. The first kappa shape index (κ1) is 19.9. The van der Waals surface area contributed by atoms with Crippen LogP contribution >= 0.6 is 0 Å². The highest BCUT2D eigenvalue weighted by atomic mass is 16.5. The molecule has 3 rings (SSSR count). The zero-order valence-corrected chi connectivity index (χ0v) is 16.4. The molecule has 1 aliphatic heterocycles. The maximum atomic E-state index is 12.1. The van der Waals surface area contributed by atoms with Gasteiger partial charge in [-0.1, -0.05) is 0 Å². The summed E-state index contributed by atoms with van der Waals surface area (Å²) in [5.74, 6) is 2.03. The molecule has 2 heterocycles. The van der Waals surface area contributed by atoms with Crippen LogP contribution in [0.5, 0.6) is 0 Å². The monoisotopic (exact) mass is 385 g/mol. The number of amides is 2. The minimum atomic E-state index is -0.399. The summed E-state index contributed by atoms with van der Waals surface area (Å²) >= 11 is 0. The van der Waals surface area contributed by atoms with E-state index in [1.165, 1.54) is 7.11 Å². The predicted molar refractivity (Wildman–Crippen MR) is 106 cm³/mol. The van der Waals surface area contributed by atoms with Crippen LogP contribution < -0.4 is 10.6 Å². The number of nitrogens with one attached hydrogen (secondary N) is 2. The summed E-state index contributed by atoms with van der Waals surface area (Å²) in [7, 11) is 1.34. The molecule has 0 aliphatic carbocycles. The number of ether oxygens (including phenoxy) is 1. The largest absolute Gasteiger partial charge is 0.465 e. The number of anilines is 1. The van der Waals surface area contributed by atoms with Crippen molar-refractivity contribution in [2.24, 2.45) is 5.92 Å². The smallest absolute Gasteiger partial charge is 0.337 e. The fourth-order valence-electron chi connectivity index (χ4n) is 3.36. The van der Waals surface area contributed by atoms with E-state index in [4.69, 9.17) is 4.42 Å². The number of likely N-dealkylation sites (tertiary alicyclic amines) is 1. The van der Waals surface area contributed by atoms with E-state index in [9.17, 15) is 9.59 Å². The molecule has 2 N–H and O–H groups in total. The number of methoxy groups -OCH3 is 1. The van der Waals surface area contributed by atoms with Gasteiger partial charge >= 0.3 is 12.0 Å². The van der Waals surface area contributed by atoms with Crippen LogP contribution in [-0.4, -0.2) is 43.6 Å². The third kappa shape index (κ3) is 5.60. The van der Waals surface area contributed by atoms with Crippen LogP contribution in [0.3, 0.4) is 0 Å². The molecule has 28 heavy (non-hydrogen) atoms. The van der Waals surface area contributed by atoms with Crippen molar-refractivity contribution in [1.82, 2.24) is 10.2 Å². The number of carbonyl (C=O) groups excluding carboxylic acids is 2. The van der Waals surface area contributed by atoms with Crippen molar-refractivity contribution in [3.05, 3.63) is 53.5 Å². The van der Waals surface area contributed by atoms with Crippen LogP contribution in [0.2, 0.25) is 0 Å². The molecular weight excluding hydrogens is 358 g/mol. The Balaban J connectivity index is 1.36. The molecule has 2 aromatic rings. The molecule has 7 heteroatoms. The summed E-state index contributed by atoms with van der Waals surface area (Å²) in [6.07, 6.45) is 2.10. The van der Waals surface area contributed by atoms with Gasteiger partial charge in [0.05, 0.1) is 19.2 Å². The van der Waals surface area contributed by atoms with Crippen molar-refractivity contribution in [3.63, 3.8) is 0 Å².